The minimum Gasteiger partial charge on any atom is -0.366 e. The summed E-state index contributed by atoms with van der Waals surface area (Å²) in [4.78, 5) is 25.1. The first-order valence-corrected chi connectivity index (χ1v) is 9.03. The molecule has 0 fully saturated rings. The molecule has 0 aromatic heterocycles. The smallest absolute Gasteiger partial charge is 0.246 e. The number of rotatable bonds is 8. The van der Waals surface area contributed by atoms with Crippen LogP contribution in [0.2, 0.25) is 0 Å². The van der Waals surface area contributed by atoms with Crippen molar-refractivity contribution in [1.82, 2.24) is 5.32 Å². The molecule has 0 heterocycles. The van der Waals surface area contributed by atoms with Crippen molar-refractivity contribution < 1.29 is 14.3 Å². The quantitative estimate of drug-likeness (QED) is 0.719. The standard InChI is InChI=1S/C20H39NO3/c1-14(2)11-15(17(23)20(9,10)18(3,4)5)12-21-16(22)13-24-19(6,7)8/h14-15H,11-13H2,1-10H3,(H,21,22)/t15-/m1/s1. The maximum Gasteiger partial charge on any atom is 0.246 e. The SMILES string of the molecule is CC(C)C[C@H](CNC(=O)COC(C)(C)C)C(=O)C(C)(C)C(C)(C)C. The van der Waals surface area contributed by atoms with Gasteiger partial charge in [-0.25, -0.2) is 0 Å². The molecule has 0 unspecified atom stereocenters. The van der Waals surface area contributed by atoms with E-state index in [2.05, 4.69) is 39.9 Å². The maximum absolute atomic E-state index is 13.1. The van der Waals surface area contributed by atoms with Crippen molar-refractivity contribution in [2.45, 2.75) is 81.3 Å². The van der Waals surface area contributed by atoms with Crippen LogP contribution in [0.4, 0.5) is 0 Å². The number of carbonyl (C=O) groups is 2. The van der Waals surface area contributed by atoms with Crippen molar-refractivity contribution in [3.8, 4) is 0 Å². The fraction of sp³-hybridized carbons (Fsp3) is 0.900. The second-order valence-electron chi connectivity index (χ2n) is 9.77. The van der Waals surface area contributed by atoms with E-state index in [1.165, 1.54) is 0 Å². The Balaban J connectivity index is 4.91. The maximum atomic E-state index is 13.1. The van der Waals surface area contributed by atoms with E-state index in [0.717, 1.165) is 6.42 Å². The van der Waals surface area contributed by atoms with Crippen molar-refractivity contribution >= 4 is 11.7 Å². The topological polar surface area (TPSA) is 55.4 Å². The number of ketones is 1. The van der Waals surface area contributed by atoms with Gasteiger partial charge in [-0.3, -0.25) is 9.59 Å². The highest BCUT2D eigenvalue weighted by molar-refractivity contribution is 5.88. The largest absolute Gasteiger partial charge is 0.366 e. The lowest BCUT2D eigenvalue weighted by atomic mass is 9.63. The number of Topliss-reactive ketones (excluding diaryl/α,β-unsaturated/α-hetero) is 1. The van der Waals surface area contributed by atoms with E-state index in [0.29, 0.717) is 12.5 Å². The number of ether oxygens (including phenoxy) is 1. The van der Waals surface area contributed by atoms with Crippen molar-refractivity contribution in [2.24, 2.45) is 22.7 Å². The normalized spacial score (nSPS) is 14.6. The third-order valence-electron chi connectivity index (χ3n) is 4.80. The first-order chi connectivity index (χ1) is 10.6. The molecule has 4 heteroatoms. The molecule has 0 aliphatic rings. The highest BCUT2D eigenvalue weighted by Gasteiger charge is 2.42. The van der Waals surface area contributed by atoms with Gasteiger partial charge in [-0.15, -0.1) is 0 Å². The summed E-state index contributed by atoms with van der Waals surface area (Å²) in [7, 11) is 0. The number of hydrogen-bond donors (Lipinski definition) is 1. The molecule has 0 aliphatic carbocycles. The molecular weight excluding hydrogens is 302 g/mol. The molecule has 1 amide bonds. The van der Waals surface area contributed by atoms with Gasteiger partial charge in [0.05, 0.1) is 5.60 Å². The van der Waals surface area contributed by atoms with E-state index in [-0.39, 0.29) is 35.2 Å². The van der Waals surface area contributed by atoms with Gasteiger partial charge in [-0.05, 0) is 38.5 Å². The fourth-order valence-electron chi connectivity index (χ4n) is 2.30. The van der Waals surface area contributed by atoms with Crippen LogP contribution in [0, 0.1) is 22.7 Å². The van der Waals surface area contributed by atoms with Crippen LogP contribution in [0.5, 0.6) is 0 Å². The Morgan fingerprint density at radius 2 is 1.46 bits per heavy atom. The van der Waals surface area contributed by atoms with Gasteiger partial charge >= 0.3 is 0 Å². The number of nitrogens with one attached hydrogen (secondary N) is 1. The summed E-state index contributed by atoms with van der Waals surface area (Å²) in [5.74, 6) is 0.288. The predicted molar refractivity (Wildman–Crippen MR) is 99.9 cm³/mol. The van der Waals surface area contributed by atoms with Gasteiger partial charge in [-0.1, -0.05) is 48.5 Å². The minimum absolute atomic E-state index is 0.0226. The molecule has 0 aliphatic heterocycles. The Labute approximate surface area is 149 Å². The van der Waals surface area contributed by atoms with E-state index in [9.17, 15) is 9.59 Å². The zero-order valence-corrected chi connectivity index (χ0v) is 17.5. The van der Waals surface area contributed by atoms with Crippen LogP contribution in [-0.4, -0.2) is 30.4 Å². The zero-order valence-electron chi connectivity index (χ0n) is 17.5. The van der Waals surface area contributed by atoms with E-state index in [1.807, 2.05) is 34.6 Å². The molecule has 142 valence electrons. The van der Waals surface area contributed by atoms with Crippen LogP contribution < -0.4 is 5.32 Å². The Bertz CT molecular complexity index is 425. The monoisotopic (exact) mass is 341 g/mol. The molecule has 0 saturated heterocycles. The zero-order chi connectivity index (χ0) is 19.3. The molecule has 0 radical (unpaired) electrons. The lowest BCUT2D eigenvalue weighted by molar-refractivity contribution is -0.138. The van der Waals surface area contributed by atoms with Crippen molar-refractivity contribution in [3.05, 3.63) is 0 Å². The first kappa shape index (κ1) is 23.1. The molecule has 24 heavy (non-hydrogen) atoms. The van der Waals surface area contributed by atoms with Gasteiger partial charge in [0, 0.05) is 17.9 Å². The van der Waals surface area contributed by atoms with Crippen LogP contribution in [0.25, 0.3) is 0 Å². The van der Waals surface area contributed by atoms with E-state index in [4.69, 9.17) is 4.74 Å². The summed E-state index contributed by atoms with van der Waals surface area (Å²) in [5.41, 5.74) is -0.920. The second-order valence-corrected chi connectivity index (χ2v) is 9.77. The molecule has 4 nitrogen and oxygen atoms in total. The van der Waals surface area contributed by atoms with E-state index in [1.54, 1.807) is 0 Å². The van der Waals surface area contributed by atoms with Gasteiger partial charge in [-0.2, -0.15) is 0 Å². The average molecular weight is 342 g/mol. The second kappa shape index (κ2) is 8.46. The van der Waals surface area contributed by atoms with Gasteiger partial charge in [0.2, 0.25) is 5.91 Å². The summed E-state index contributed by atoms with van der Waals surface area (Å²) < 4.78 is 5.49. The summed E-state index contributed by atoms with van der Waals surface area (Å²) >= 11 is 0. The molecular formula is C20H39NO3. The lowest BCUT2D eigenvalue weighted by Crippen LogP contribution is -2.45. The first-order valence-electron chi connectivity index (χ1n) is 9.03. The van der Waals surface area contributed by atoms with E-state index >= 15 is 0 Å². The van der Waals surface area contributed by atoms with E-state index < -0.39 is 5.41 Å². The minimum atomic E-state index is -0.445. The Morgan fingerprint density at radius 1 is 0.958 bits per heavy atom. The lowest BCUT2D eigenvalue weighted by Gasteiger charge is -2.40. The molecule has 0 aromatic rings. The van der Waals surface area contributed by atoms with Crippen LogP contribution in [-0.2, 0) is 14.3 Å². The molecule has 1 atom stereocenters. The number of hydrogen-bond acceptors (Lipinski definition) is 3. The van der Waals surface area contributed by atoms with Crippen molar-refractivity contribution in [3.63, 3.8) is 0 Å². The van der Waals surface area contributed by atoms with Crippen LogP contribution in [0.1, 0.15) is 75.7 Å². The Kier molecular flexibility index (Phi) is 8.14. The number of amides is 1. The Hall–Kier alpha value is -0.900. The molecule has 0 rings (SSSR count). The summed E-state index contributed by atoms with van der Waals surface area (Å²) in [6, 6.07) is 0. The molecule has 0 bridgehead atoms. The fourth-order valence-corrected chi connectivity index (χ4v) is 2.30. The average Bonchev–Trinajstić information content (AvgIpc) is 2.37. The molecule has 1 N–H and O–H groups in total. The van der Waals surface area contributed by atoms with Gasteiger partial charge < -0.3 is 10.1 Å². The highest BCUT2D eigenvalue weighted by Crippen LogP contribution is 2.41. The highest BCUT2D eigenvalue weighted by atomic mass is 16.5. The predicted octanol–water partition coefficient (Wildman–Crippen LogP) is 4.22. The summed E-state index contributed by atoms with van der Waals surface area (Å²) in [5, 5.41) is 2.88. The summed E-state index contributed by atoms with van der Waals surface area (Å²) in [6.07, 6.45) is 0.777. The number of carbonyl (C=O) groups excluding carboxylic acids is 2. The molecule has 0 spiro atoms. The summed E-state index contributed by atoms with van der Waals surface area (Å²) in [6.45, 7) is 20.6. The van der Waals surface area contributed by atoms with Crippen LogP contribution in [0.3, 0.4) is 0 Å². The third-order valence-corrected chi connectivity index (χ3v) is 4.80. The van der Waals surface area contributed by atoms with Gasteiger partial charge in [0.15, 0.2) is 0 Å². The molecule has 0 aromatic carbocycles. The third kappa shape index (κ3) is 7.78. The molecule has 0 saturated carbocycles. The van der Waals surface area contributed by atoms with Crippen LogP contribution in [0.15, 0.2) is 0 Å². The van der Waals surface area contributed by atoms with Gasteiger partial charge in [0.25, 0.3) is 0 Å². The Morgan fingerprint density at radius 3 is 1.83 bits per heavy atom. The van der Waals surface area contributed by atoms with Crippen molar-refractivity contribution in [2.75, 3.05) is 13.2 Å². The van der Waals surface area contributed by atoms with Crippen LogP contribution >= 0.6 is 0 Å². The van der Waals surface area contributed by atoms with Gasteiger partial charge in [0.1, 0.15) is 12.4 Å². The van der Waals surface area contributed by atoms with Crippen molar-refractivity contribution in [1.29, 1.82) is 0 Å².